The van der Waals surface area contributed by atoms with E-state index in [1.54, 1.807) is 0 Å². The first-order chi connectivity index (χ1) is 15.7. The number of esters is 1. The van der Waals surface area contributed by atoms with Crippen LogP contribution in [0.2, 0.25) is 0 Å². The van der Waals surface area contributed by atoms with Crippen molar-refractivity contribution in [3.63, 3.8) is 0 Å². The quantitative estimate of drug-likeness (QED) is 0.509. The highest BCUT2D eigenvalue weighted by molar-refractivity contribution is 5.67. The van der Waals surface area contributed by atoms with Gasteiger partial charge >= 0.3 is 5.97 Å². The molecule has 0 atom stereocenters. The minimum absolute atomic E-state index is 0.286. The second-order valence-corrected chi connectivity index (χ2v) is 8.07. The van der Waals surface area contributed by atoms with E-state index in [-0.39, 0.29) is 5.97 Å². The number of ether oxygens (including phenoxy) is 1. The summed E-state index contributed by atoms with van der Waals surface area (Å²) in [4.78, 5) is 17.1. The van der Waals surface area contributed by atoms with Gasteiger partial charge in [0.05, 0.1) is 0 Å². The van der Waals surface area contributed by atoms with Gasteiger partial charge in [0.15, 0.2) is 0 Å². The van der Waals surface area contributed by atoms with Gasteiger partial charge in [-0.15, -0.1) is 0 Å². The van der Waals surface area contributed by atoms with Gasteiger partial charge in [-0.3, -0.25) is 14.6 Å². The number of hydrogen-bond donors (Lipinski definition) is 0. The predicted octanol–water partition coefficient (Wildman–Crippen LogP) is 4.78. The maximum absolute atomic E-state index is 12.3. The highest BCUT2D eigenvalue weighted by Crippen LogP contribution is 2.38. The Morgan fingerprint density at radius 1 is 0.812 bits per heavy atom. The molecule has 1 fully saturated rings. The Balaban J connectivity index is 1.55. The topological polar surface area (TPSA) is 32.8 Å². The van der Waals surface area contributed by atoms with Crippen LogP contribution < -0.4 is 0 Å². The third-order valence-electron chi connectivity index (χ3n) is 5.91. The molecule has 32 heavy (non-hydrogen) atoms. The molecule has 164 valence electrons. The minimum Gasteiger partial charge on any atom is -0.435 e. The van der Waals surface area contributed by atoms with Crippen LogP contribution in [-0.4, -0.2) is 48.5 Å². The normalized spacial score (nSPS) is 15.7. The largest absolute Gasteiger partial charge is 0.435 e. The molecule has 3 aromatic rings. The van der Waals surface area contributed by atoms with Crippen LogP contribution in [0.4, 0.5) is 0 Å². The molecule has 1 saturated heterocycles. The van der Waals surface area contributed by atoms with Gasteiger partial charge in [0.25, 0.3) is 0 Å². The summed E-state index contributed by atoms with van der Waals surface area (Å²) in [5.41, 5.74) is 2.23. The molecular formula is C28H30N2O2. The third kappa shape index (κ3) is 4.98. The SMILES string of the molecule is CC(=O)OC(c1ccccc1)(c1ccccc1)N1CCN(C/C=C\c2ccccc2)CC1. The van der Waals surface area contributed by atoms with Crippen LogP contribution >= 0.6 is 0 Å². The van der Waals surface area contributed by atoms with Gasteiger partial charge < -0.3 is 4.74 Å². The lowest BCUT2D eigenvalue weighted by atomic mass is 9.91. The summed E-state index contributed by atoms with van der Waals surface area (Å²) in [7, 11) is 0. The summed E-state index contributed by atoms with van der Waals surface area (Å²) in [5.74, 6) is -0.286. The Morgan fingerprint density at radius 3 is 1.81 bits per heavy atom. The summed E-state index contributed by atoms with van der Waals surface area (Å²) < 4.78 is 6.18. The molecule has 4 nitrogen and oxygen atoms in total. The van der Waals surface area contributed by atoms with E-state index < -0.39 is 5.72 Å². The van der Waals surface area contributed by atoms with Crippen LogP contribution in [0.3, 0.4) is 0 Å². The maximum atomic E-state index is 12.3. The van der Waals surface area contributed by atoms with Crippen LogP contribution in [0.25, 0.3) is 6.08 Å². The fraction of sp³-hybridized carbons (Fsp3) is 0.250. The summed E-state index contributed by atoms with van der Waals surface area (Å²) in [6, 6.07) is 30.5. The zero-order chi connectivity index (χ0) is 22.2. The molecule has 0 N–H and O–H groups in total. The minimum atomic E-state index is -0.930. The van der Waals surface area contributed by atoms with Crippen LogP contribution in [0, 0.1) is 0 Å². The molecule has 1 aliphatic rings. The Morgan fingerprint density at radius 2 is 1.31 bits per heavy atom. The first kappa shape index (κ1) is 22.0. The summed E-state index contributed by atoms with van der Waals surface area (Å²) >= 11 is 0. The first-order valence-corrected chi connectivity index (χ1v) is 11.2. The van der Waals surface area contributed by atoms with Gasteiger partial charge in [-0.25, -0.2) is 0 Å². The average molecular weight is 427 g/mol. The molecule has 0 spiro atoms. The number of carbonyl (C=O) groups excluding carboxylic acids is 1. The molecule has 0 saturated carbocycles. The van der Waals surface area contributed by atoms with E-state index >= 15 is 0 Å². The standard InChI is InChI=1S/C28H30N2O2/c1-24(31)32-28(26-15-7-3-8-16-26,27-17-9-4-10-18-27)30-22-20-29(21-23-30)19-11-14-25-12-5-2-6-13-25/h2-18H,19-23H2,1H3/b14-11-. The second-order valence-electron chi connectivity index (χ2n) is 8.07. The number of piperazine rings is 1. The highest BCUT2D eigenvalue weighted by Gasteiger charge is 2.44. The Labute approximate surface area is 190 Å². The summed E-state index contributed by atoms with van der Waals surface area (Å²) in [5, 5.41) is 0. The summed E-state index contributed by atoms with van der Waals surface area (Å²) in [6.07, 6.45) is 4.39. The predicted molar refractivity (Wildman–Crippen MR) is 129 cm³/mol. The molecular weight excluding hydrogens is 396 g/mol. The van der Waals surface area contributed by atoms with E-state index in [0.717, 1.165) is 43.9 Å². The Hall–Kier alpha value is -3.21. The molecule has 4 heteroatoms. The molecule has 0 radical (unpaired) electrons. The zero-order valence-corrected chi connectivity index (χ0v) is 18.6. The lowest BCUT2D eigenvalue weighted by Crippen LogP contribution is -2.57. The lowest BCUT2D eigenvalue weighted by Gasteiger charge is -2.47. The van der Waals surface area contributed by atoms with Gasteiger partial charge in [-0.05, 0) is 5.56 Å². The second kappa shape index (κ2) is 10.4. The first-order valence-electron chi connectivity index (χ1n) is 11.2. The number of carbonyl (C=O) groups is 1. The fourth-order valence-electron chi connectivity index (χ4n) is 4.40. The smallest absolute Gasteiger partial charge is 0.304 e. The molecule has 3 aromatic carbocycles. The zero-order valence-electron chi connectivity index (χ0n) is 18.6. The van der Waals surface area contributed by atoms with E-state index in [1.807, 2.05) is 66.7 Å². The summed E-state index contributed by atoms with van der Waals surface area (Å²) in [6.45, 7) is 5.81. The molecule has 0 amide bonds. The average Bonchev–Trinajstić information content (AvgIpc) is 2.85. The maximum Gasteiger partial charge on any atom is 0.304 e. The highest BCUT2D eigenvalue weighted by atomic mass is 16.6. The van der Waals surface area contributed by atoms with Gasteiger partial charge in [-0.2, -0.15) is 0 Å². The van der Waals surface area contributed by atoms with Crippen LogP contribution in [-0.2, 0) is 15.3 Å². The molecule has 4 rings (SSSR count). The Kier molecular flexibility index (Phi) is 7.15. The van der Waals surface area contributed by atoms with Crippen molar-refractivity contribution in [1.29, 1.82) is 0 Å². The molecule has 0 aromatic heterocycles. The monoisotopic (exact) mass is 426 g/mol. The van der Waals surface area contributed by atoms with Crippen LogP contribution in [0.15, 0.2) is 97.1 Å². The van der Waals surface area contributed by atoms with Crippen molar-refractivity contribution < 1.29 is 9.53 Å². The lowest BCUT2D eigenvalue weighted by molar-refractivity contribution is -0.179. The van der Waals surface area contributed by atoms with Crippen molar-refractivity contribution in [2.45, 2.75) is 12.6 Å². The van der Waals surface area contributed by atoms with Gasteiger partial charge in [0.1, 0.15) is 0 Å². The Bertz CT molecular complexity index is 972. The number of rotatable bonds is 7. The van der Waals surface area contributed by atoms with Crippen molar-refractivity contribution in [3.8, 4) is 0 Å². The van der Waals surface area contributed by atoms with E-state index in [9.17, 15) is 4.79 Å². The van der Waals surface area contributed by atoms with Crippen LogP contribution in [0.1, 0.15) is 23.6 Å². The van der Waals surface area contributed by atoms with E-state index in [1.165, 1.54) is 12.5 Å². The molecule has 1 aliphatic heterocycles. The third-order valence-corrected chi connectivity index (χ3v) is 5.91. The van der Waals surface area contributed by atoms with Crippen molar-refractivity contribution >= 4 is 12.0 Å². The number of nitrogens with zero attached hydrogens (tertiary/aromatic N) is 2. The number of hydrogen-bond acceptors (Lipinski definition) is 4. The van der Waals surface area contributed by atoms with Crippen LogP contribution in [0.5, 0.6) is 0 Å². The van der Waals surface area contributed by atoms with Gasteiger partial charge in [-0.1, -0.05) is 103 Å². The van der Waals surface area contributed by atoms with E-state index in [2.05, 4.69) is 46.2 Å². The van der Waals surface area contributed by atoms with Crippen molar-refractivity contribution in [1.82, 2.24) is 9.80 Å². The van der Waals surface area contributed by atoms with Crippen molar-refractivity contribution in [2.24, 2.45) is 0 Å². The van der Waals surface area contributed by atoms with E-state index in [0.29, 0.717) is 0 Å². The van der Waals surface area contributed by atoms with Gasteiger partial charge in [0.2, 0.25) is 5.72 Å². The van der Waals surface area contributed by atoms with Crippen molar-refractivity contribution in [3.05, 3.63) is 114 Å². The molecule has 0 unspecified atom stereocenters. The molecule has 1 heterocycles. The molecule has 0 bridgehead atoms. The number of benzene rings is 3. The fourth-order valence-corrected chi connectivity index (χ4v) is 4.40. The van der Waals surface area contributed by atoms with Gasteiger partial charge in [0, 0.05) is 50.8 Å². The van der Waals surface area contributed by atoms with E-state index in [4.69, 9.17) is 4.74 Å². The molecule has 0 aliphatic carbocycles. The van der Waals surface area contributed by atoms with Crippen molar-refractivity contribution in [2.75, 3.05) is 32.7 Å².